The van der Waals surface area contributed by atoms with E-state index in [4.69, 9.17) is 4.42 Å². The van der Waals surface area contributed by atoms with Crippen molar-refractivity contribution in [3.8, 4) is 0 Å². The molecule has 0 saturated carbocycles. The van der Waals surface area contributed by atoms with Gasteiger partial charge in [-0.25, -0.2) is 0 Å². The predicted octanol–water partition coefficient (Wildman–Crippen LogP) is 3.07. The zero-order valence-corrected chi connectivity index (χ0v) is 12.6. The standard InChI is InChI=1S/C16H21NO2S/c1-12(15(11-18)20-2)17-16(14-9-6-10-19-14)13-7-4-3-5-8-13/h3-10,12,15-18H,11H2,1-2H3. The minimum absolute atomic E-state index is 0.00222. The van der Waals surface area contributed by atoms with Crippen LogP contribution in [-0.4, -0.2) is 29.3 Å². The number of aliphatic hydroxyl groups excluding tert-OH is 1. The van der Waals surface area contributed by atoms with Gasteiger partial charge in [-0.05, 0) is 30.9 Å². The van der Waals surface area contributed by atoms with Crippen LogP contribution in [0, 0.1) is 0 Å². The van der Waals surface area contributed by atoms with Crippen LogP contribution in [0.4, 0.5) is 0 Å². The normalized spacial score (nSPS) is 15.8. The molecule has 1 aromatic carbocycles. The number of hydrogen-bond acceptors (Lipinski definition) is 4. The first-order valence-electron chi connectivity index (χ1n) is 6.74. The third kappa shape index (κ3) is 3.66. The number of rotatable bonds is 7. The first-order chi connectivity index (χ1) is 9.76. The zero-order valence-electron chi connectivity index (χ0n) is 11.8. The molecular formula is C16H21NO2S. The second-order valence-corrected chi connectivity index (χ2v) is 5.85. The maximum atomic E-state index is 9.43. The highest BCUT2D eigenvalue weighted by atomic mass is 32.2. The Labute approximate surface area is 124 Å². The van der Waals surface area contributed by atoms with Crippen LogP contribution < -0.4 is 5.32 Å². The van der Waals surface area contributed by atoms with Crippen LogP contribution in [-0.2, 0) is 0 Å². The molecule has 0 aliphatic rings. The molecule has 108 valence electrons. The van der Waals surface area contributed by atoms with Gasteiger partial charge in [0, 0.05) is 11.3 Å². The van der Waals surface area contributed by atoms with Crippen molar-refractivity contribution < 1.29 is 9.52 Å². The molecule has 3 nitrogen and oxygen atoms in total. The third-order valence-electron chi connectivity index (χ3n) is 3.43. The first kappa shape index (κ1) is 15.2. The van der Waals surface area contributed by atoms with Crippen molar-refractivity contribution in [2.75, 3.05) is 12.9 Å². The summed E-state index contributed by atoms with van der Waals surface area (Å²) in [6, 6.07) is 14.3. The van der Waals surface area contributed by atoms with Crippen molar-refractivity contribution in [3.63, 3.8) is 0 Å². The second kappa shape index (κ2) is 7.53. The number of furan rings is 1. The van der Waals surface area contributed by atoms with Crippen molar-refractivity contribution in [2.45, 2.75) is 24.3 Å². The average molecular weight is 291 g/mol. The molecule has 0 amide bonds. The van der Waals surface area contributed by atoms with Crippen molar-refractivity contribution in [2.24, 2.45) is 0 Å². The summed E-state index contributed by atoms with van der Waals surface area (Å²) in [6.45, 7) is 2.26. The largest absolute Gasteiger partial charge is 0.467 e. The first-order valence-corrected chi connectivity index (χ1v) is 8.03. The minimum Gasteiger partial charge on any atom is -0.467 e. The molecule has 2 aromatic rings. The highest BCUT2D eigenvalue weighted by molar-refractivity contribution is 7.99. The van der Waals surface area contributed by atoms with Gasteiger partial charge in [-0.3, -0.25) is 5.32 Å². The summed E-state index contributed by atoms with van der Waals surface area (Å²) in [6.07, 6.45) is 3.71. The minimum atomic E-state index is 0.00222. The zero-order chi connectivity index (χ0) is 14.4. The van der Waals surface area contributed by atoms with Gasteiger partial charge in [0.25, 0.3) is 0 Å². The van der Waals surface area contributed by atoms with E-state index in [1.807, 2.05) is 36.6 Å². The smallest absolute Gasteiger partial charge is 0.125 e. The molecule has 0 radical (unpaired) electrons. The molecule has 0 aliphatic heterocycles. The molecule has 1 aromatic heterocycles. The Bertz CT molecular complexity index is 482. The number of thioether (sulfide) groups is 1. The number of hydrogen-bond donors (Lipinski definition) is 2. The van der Waals surface area contributed by atoms with Crippen LogP contribution in [0.5, 0.6) is 0 Å². The van der Waals surface area contributed by atoms with Crippen LogP contribution in [0.2, 0.25) is 0 Å². The van der Waals surface area contributed by atoms with Gasteiger partial charge in [0.1, 0.15) is 5.76 Å². The summed E-state index contributed by atoms with van der Waals surface area (Å²) in [5.74, 6) is 0.890. The monoisotopic (exact) mass is 291 g/mol. The molecule has 3 atom stereocenters. The van der Waals surface area contributed by atoms with Crippen molar-refractivity contribution in [1.82, 2.24) is 5.32 Å². The lowest BCUT2D eigenvalue weighted by Gasteiger charge is -2.26. The number of benzene rings is 1. The fraction of sp³-hybridized carbons (Fsp3) is 0.375. The SMILES string of the molecule is CSC(CO)C(C)NC(c1ccccc1)c1ccco1. The summed E-state index contributed by atoms with van der Waals surface area (Å²) in [5, 5.41) is 13.2. The van der Waals surface area contributed by atoms with Gasteiger partial charge in [0.15, 0.2) is 0 Å². The van der Waals surface area contributed by atoms with Crippen LogP contribution >= 0.6 is 11.8 Å². The van der Waals surface area contributed by atoms with Crippen LogP contribution in [0.3, 0.4) is 0 Å². The molecule has 4 heteroatoms. The van der Waals surface area contributed by atoms with Crippen LogP contribution in [0.15, 0.2) is 53.1 Å². The molecule has 1 heterocycles. The molecule has 2 rings (SSSR count). The Kier molecular flexibility index (Phi) is 5.71. The van der Waals surface area contributed by atoms with E-state index in [9.17, 15) is 5.11 Å². The molecule has 2 N–H and O–H groups in total. The third-order valence-corrected chi connectivity index (χ3v) is 4.59. The van der Waals surface area contributed by atoms with Gasteiger partial charge in [0.2, 0.25) is 0 Å². The Balaban J connectivity index is 2.20. The van der Waals surface area contributed by atoms with Gasteiger partial charge in [-0.15, -0.1) is 0 Å². The Morgan fingerprint density at radius 1 is 1.20 bits per heavy atom. The molecule has 0 bridgehead atoms. The molecule has 0 aliphatic carbocycles. The molecule has 0 fully saturated rings. The van der Waals surface area contributed by atoms with E-state index in [2.05, 4.69) is 24.4 Å². The Hall–Kier alpha value is -1.23. The summed E-state index contributed by atoms with van der Waals surface area (Å²) in [7, 11) is 0. The van der Waals surface area contributed by atoms with Gasteiger partial charge in [0.05, 0.1) is 18.9 Å². The van der Waals surface area contributed by atoms with E-state index >= 15 is 0 Å². The van der Waals surface area contributed by atoms with Gasteiger partial charge >= 0.3 is 0 Å². The number of nitrogens with one attached hydrogen (secondary N) is 1. The fourth-order valence-electron chi connectivity index (χ4n) is 2.25. The van der Waals surface area contributed by atoms with Crippen molar-refractivity contribution in [1.29, 1.82) is 0 Å². The predicted molar refractivity (Wildman–Crippen MR) is 84.0 cm³/mol. The van der Waals surface area contributed by atoms with E-state index in [1.54, 1.807) is 18.0 Å². The van der Waals surface area contributed by atoms with E-state index in [1.165, 1.54) is 0 Å². The van der Waals surface area contributed by atoms with E-state index < -0.39 is 0 Å². The Morgan fingerprint density at radius 2 is 1.95 bits per heavy atom. The molecule has 0 saturated heterocycles. The van der Waals surface area contributed by atoms with E-state index in [0.29, 0.717) is 0 Å². The maximum absolute atomic E-state index is 9.43. The lowest BCUT2D eigenvalue weighted by Crippen LogP contribution is -2.40. The highest BCUT2D eigenvalue weighted by Gasteiger charge is 2.23. The Morgan fingerprint density at radius 3 is 2.50 bits per heavy atom. The van der Waals surface area contributed by atoms with Crippen molar-refractivity contribution in [3.05, 3.63) is 60.1 Å². The van der Waals surface area contributed by atoms with Crippen LogP contribution in [0.1, 0.15) is 24.3 Å². The summed E-state index contributed by atoms with van der Waals surface area (Å²) in [4.78, 5) is 0. The lowest BCUT2D eigenvalue weighted by molar-refractivity contribution is 0.270. The summed E-state index contributed by atoms with van der Waals surface area (Å²) >= 11 is 1.67. The quantitative estimate of drug-likeness (QED) is 0.823. The molecule has 20 heavy (non-hydrogen) atoms. The maximum Gasteiger partial charge on any atom is 0.125 e. The van der Waals surface area contributed by atoms with Crippen molar-refractivity contribution >= 4 is 11.8 Å². The summed E-state index contributed by atoms with van der Waals surface area (Å²) < 4.78 is 5.57. The highest BCUT2D eigenvalue weighted by Crippen LogP contribution is 2.24. The molecule has 3 unspecified atom stereocenters. The van der Waals surface area contributed by atoms with E-state index in [-0.39, 0.29) is 23.9 Å². The summed E-state index contributed by atoms with van der Waals surface area (Å²) in [5.41, 5.74) is 1.16. The van der Waals surface area contributed by atoms with Gasteiger partial charge in [-0.1, -0.05) is 30.3 Å². The molecular weight excluding hydrogens is 270 g/mol. The molecule has 0 spiro atoms. The fourth-order valence-corrected chi connectivity index (χ4v) is 2.89. The topological polar surface area (TPSA) is 45.4 Å². The van der Waals surface area contributed by atoms with Gasteiger partial charge in [-0.2, -0.15) is 11.8 Å². The van der Waals surface area contributed by atoms with E-state index in [0.717, 1.165) is 11.3 Å². The second-order valence-electron chi connectivity index (χ2n) is 4.77. The number of aliphatic hydroxyl groups is 1. The van der Waals surface area contributed by atoms with Gasteiger partial charge < -0.3 is 9.52 Å². The van der Waals surface area contributed by atoms with Crippen LogP contribution in [0.25, 0.3) is 0 Å². The average Bonchev–Trinajstić information content (AvgIpc) is 3.01. The lowest BCUT2D eigenvalue weighted by atomic mass is 10.0.